The Labute approximate surface area is 158 Å². The largest absolute Gasteiger partial charge is 0.490 e. The van der Waals surface area contributed by atoms with Crippen LogP contribution in [0.5, 0.6) is 11.5 Å². The van der Waals surface area contributed by atoms with Gasteiger partial charge in [-0.2, -0.15) is 0 Å². The fourth-order valence-corrected chi connectivity index (χ4v) is 2.75. The van der Waals surface area contributed by atoms with Gasteiger partial charge in [0.15, 0.2) is 18.1 Å². The molecule has 2 aromatic carbocycles. The number of carbonyl (C=O) groups excluding carboxylic acids is 2. The molecule has 1 heterocycles. The van der Waals surface area contributed by atoms with Gasteiger partial charge in [0.05, 0.1) is 13.2 Å². The van der Waals surface area contributed by atoms with Gasteiger partial charge in [-0.15, -0.1) is 0 Å². The van der Waals surface area contributed by atoms with Gasteiger partial charge in [0.2, 0.25) is 5.78 Å². The summed E-state index contributed by atoms with van der Waals surface area (Å²) in [4.78, 5) is 24.2. The molecule has 1 aliphatic rings. The van der Waals surface area contributed by atoms with E-state index in [9.17, 15) is 9.59 Å². The molecule has 0 fully saturated rings. The average Bonchev–Trinajstić information content (AvgIpc) is 2.91. The van der Waals surface area contributed by atoms with Gasteiger partial charge in [-0.25, -0.2) is 4.79 Å². The van der Waals surface area contributed by atoms with Crippen molar-refractivity contribution in [2.75, 3.05) is 19.8 Å². The van der Waals surface area contributed by atoms with Gasteiger partial charge < -0.3 is 14.2 Å². The number of ether oxygens (including phenoxy) is 3. The number of hydrogen-bond donors (Lipinski definition) is 0. The van der Waals surface area contributed by atoms with Crippen molar-refractivity contribution in [3.63, 3.8) is 0 Å². The van der Waals surface area contributed by atoms with Crippen LogP contribution in [0.4, 0.5) is 0 Å². The Kier molecular flexibility index (Phi) is 5.91. The number of Topliss-reactive ketones (excluding diaryl/α,β-unsaturated/α-hetero) is 1. The van der Waals surface area contributed by atoms with Crippen LogP contribution in [0.3, 0.4) is 0 Å². The standard InChI is InChI=1S/C22H22O5/c1-15-4-5-16(2)18(12-15)19(23)14-27-22(24)9-7-17-6-8-20-21(13-17)26-11-3-10-25-20/h4-9,12-13H,3,10-11,14H2,1-2H3/b9-7+. The van der Waals surface area contributed by atoms with Crippen molar-refractivity contribution in [1.82, 2.24) is 0 Å². The Morgan fingerprint density at radius 1 is 1.04 bits per heavy atom. The number of benzene rings is 2. The van der Waals surface area contributed by atoms with Crippen molar-refractivity contribution in [2.45, 2.75) is 20.3 Å². The number of ketones is 1. The van der Waals surface area contributed by atoms with Crippen LogP contribution in [0.25, 0.3) is 6.08 Å². The van der Waals surface area contributed by atoms with E-state index in [1.807, 2.05) is 44.2 Å². The highest BCUT2D eigenvalue weighted by atomic mass is 16.5. The molecule has 0 atom stereocenters. The summed E-state index contributed by atoms with van der Waals surface area (Å²) in [5.41, 5.74) is 3.22. The van der Waals surface area contributed by atoms with Gasteiger partial charge >= 0.3 is 5.97 Å². The summed E-state index contributed by atoms with van der Waals surface area (Å²) >= 11 is 0. The van der Waals surface area contributed by atoms with Crippen molar-refractivity contribution in [1.29, 1.82) is 0 Å². The van der Waals surface area contributed by atoms with E-state index < -0.39 is 5.97 Å². The van der Waals surface area contributed by atoms with Crippen molar-refractivity contribution < 1.29 is 23.8 Å². The van der Waals surface area contributed by atoms with E-state index in [4.69, 9.17) is 14.2 Å². The summed E-state index contributed by atoms with van der Waals surface area (Å²) in [5, 5.41) is 0. The topological polar surface area (TPSA) is 61.8 Å². The molecular formula is C22H22O5. The molecule has 5 heteroatoms. The number of aryl methyl sites for hydroxylation is 2. The van der Waals surface area contributed by atoms with Crippen molar-refractivity contribution in [3.05, 3.63) is 64.7 Å². The average molecular weight is 366 g/mol. The molecule has 0 aliphatic carbocycles. The molecule has 1 aliphatic heterocycles. The van der Waals surface area contributed by atoms with Gasteiger partial charge in [0.1, 0.15) is 0 Å². The fourth-order valence-electron chi connectivity index (χ4n) is 2.75. The highest BCUT2D eigenvalue weighted by molar-refractivity contribution is 6.00. The van der Waals surface area contributed by atoms with E-state index in [0.29, 0.717) is 30.3 Å². The summed E-state index contributed by atoms with van der Waals surface area (Å²) in [6.45, 7) is 4.72. The monoisotopic (exact) mass is 366 g/mol. The van der Waals surface area contributed by atoms with Gasteiger partial charge in [-0.1, -0.05) is 23.8 Å². The quantitative estimate of drug-likeness (QED) is 0.456. The van der Waals surface area contributed by atoms with Crippen LogP contribution in [0, 0.1) is 13.8 Å². The molecule has 2 aromatic rings. The van der Waals surface area contributed by atoms with E-state index in [-0.39, 0.29) is 12.4 Å². The maximum absolute atomic E-state index is 12.3. The third kappa shape index (κ3) is 4.97. The molecule has 0 amide bonds. The molecule has 0 unspecified atom stereocenters. The summed E-state index contributed by atoms with van der Waals surface area (Å²) < 4.78 is 16.3. The Morgan fingerprint density at radius 2 is 1.81 bits per heavy atom. The summed E-state index contributed by atoms with van der Waals surface area (Å²) in [7, 11) is 0. The van der Waals surface area contributed by atoms with Gasteiger partial charge in [0, 0.05) is 18.1 Å². The Morgan fingerprint density at radius 3 is 2.63 bits per heavy atom. The lowest BCUT2D eigenvalue weighted by molar-refractivity contribution is -0.136. The zero-order valence-corrected chi connectivity index (χ0v) is 15.5. The fraction of sp³-hybridized carbons (Fsp3) is 0.273. The Bertz CT molecular complexity index is 882. The molecule has 0 aromatic heterocycles. The van der Waals surface area contributed by atoms with Crippen LogP contribution in [0.1, 0.15) is 33.5 Å². The lowest BCUT2D eigenvalue weighted by Gasteiger charge is -2.07. The molecule has 27 heavy (non-hydrogen) atoms. The molecule has 0 N–H and O–H groups in total. The minimum atomic E-state index is -0.569. The maximum Gasteiger partial charge on any atom is 0.331 e. The number of hydrogen-bond acceptors (Lipinski definition) is 5. The molecule has 0 saturated heterocycles. The molecule has 140 valence electrons. The first-order valence-corrected chi connectivity index (χ1v) is 8.88. The lowest BCUT2D eigenvalue weighted by atomic mass is 10.0. The maximum atomic E-state index is 12.3. The highest BCUT2D eigenvalue weighted by Gasteiger charge is 2.12. The molecule has 0 saturated carbocycles. The van der Waals surface area contributed by atoms with E-state index in [2.05, 4.69) is 0 Å². The summed E-state index contributed by atoms with van der Waals surface area (Å²) in [6, 6.07) is 11.1. The SMILES string of the molecule is Cc1ccc(C)c(C(=O)COC(=O)/C=C/c2ccc3c(c2)OCCCO3)c1. The van der Waals surface area contributed by atoms with Crippen molar-refractivity contribution in [2.24, 2.45) is 0 Å². The second kappa shape index (κ2) is 8.54. The van der Waals surface area contributed by atoms with E-state index in [0.717, 1.165) is 23.1 Å². The highest BCUT2D eigenvalue weighted by Crippen LogP contribution is 2.30. The first-order valence-electron chi connectivity index (χ1n) is 8.88. The molecule has 5 nitrogen and oxygen atoms in total. The molecule has 0 spiro atoms. The number of esters is 1. The summed E-state index contributed by atoms with van der Waals surface area (Å²) in [5.74, 6) is 0.578. The Hall–Kier alpha value is -3.08. The van der Waals surface area contributed by atoms with Crippen LogP contribution in [0.15, 0.2) is 42.5 Å². The first kappa shape index (κ1) is 18.7. The molecular weight excluding hydrogens is 344 g/mol. The predicted molar refractivity (Wildman–Crippen MR) is 102 cm³/mol. The van der Waals surface area contributed by atoms with Crippen LogP contribution >= 0.6 is 0 Å². The molecule has 0 bridgehead atoms. The molecule has 3 rings (SSSR count). The van der Waals surface area contributed by atoms with Crippen LogP contribution in [-0.2, 0) is 9.53 Å². The third-order valence-electron chi connectivity index (χ3n) is 4.22. The van der Waals surface area contributed by atoms with Crippen LogP contribution < -0.4 is 9.47 Å². The normalized spacial score (nSPS) is 13.3. The van der Waals surface area contributed by atoms with Crippen molar-refractivity contribution in [3.8, 4) is 11.5 Å². The zero-order chi connectivity index (χ0) is 19.2. The first-order chi connectivity index (χ1) is 13.0. The zero-order valence-electron chi connectivity index (χ0n) is 15.5. The lowest BCUT2D eigenvalue weighted by Crippen LogP contribution is -2.13. The van der Waals surface area contributed by atoms with Gasteiger partial charge in [-0.05, 0) is 49.2 Å². The minimum absolute atomic E-state index is 0.214. The second-order valence-electron chi connectivity index (χ2n) is 6.44. The van der Waals surface area contributed by atoms with E-state index in [1.54, 1.807) is 12.1 Å². The van der Waals surface area contributed by atoms with Crippen LogP contribution in [-0.4, -0.2) is 31.6 Å². The van der Waals surface area contributed by atoms with Gasteiger partial charge in [0.25, 0.3) is 0 Å². The number of rotatable bonds is 5. The van der Waals surface area contributed by atoms with Crippen molar-refractivity contribution >= 4 is 17.8 Å². The van der Waals surface area contributed by atoms with E-state index in [1.165, 1.54) is 6.08 Å². The Balaban J connectivity index is 1.58. The number of fused-ring (bicyclic) bond motifs is 1. The number of carbonyl (C=O) groups is 2. The van der Waals surface area contributed by atoms with E-state index >= 15 is 0 Å². The smallest absolute Gasteiger partial charge is 0.331 e. The summed E-state index contributed by atoms with van der Waals surface area (Å²) in [6.07, 6.45) is 3.76. The van der Waals surface area contributed by atoms with Crippen LogP contribution in [0.2, 0.25) is 0 Å². The predicted octanol–water partition coefficient (Wildman–Crippen LogP) is 3.90. The molecule has 0 radical (unpaired) electrons. The minimum Gasteiger partial charge on any atom is -0.490 e. The van der Waals surface area contributed by atoms with Gasteiger partial charge in [-0.3, -0.25) is 4.79 Å². The second-order valence-corrected chi connectivity index (χ2v) is 6.44. The third-order valence-corrected chi connectivity index (χ3v) is 4.22.